The van der Waals surface area contributed by atoms with Crippen molar-refractivity contribution in [3.05, 3.63) is 29.6 Å². The van der Waals surface area contributed by atoms with Crippen LogP contribution in [0.15, 0.2) is 18.3 Å². The molecule has 1 rings (SSSR count). The Balaban J connectivity index is 2.82. The van der Waals surface area contributed by atoms with Crippen LogP contribution in [0.3, 0.4) is 0 Å². The van der Waals surface area contributed by atoms with Crippen molar-refractivity contribution >= 4 is 11.9 Å². The van der Waals surface area contributed by atoms with E-state index in [2.05, 4.69) is 9.72 Å². The van der Waals surface area contributed by atoms with Crippen molar-refractivity contribution in [2.75, 3.05) is 7.11 Å². The number of aliphatic carboxylic acids is 1. The first-order chi connectivity index (χ1) is 7.86. The van der Waals surface area contributed by atoms with Crippen LogP contribution in [-0.4, -0.2) is 39.8 Å². The van der Waals surface area contributed by atoms with Gasteiger partial charge >= 0.3 is 11.9 Å². The largest absolute Gasteiger partial charge is 0.479 e. The summed E-state index contributed by atoms with van der Waals surface area (Å²) in [4.78, 5) is 25.7. The fourth-order valence-corrected chi connectivity index (χ4v) is 1.20. The van der Waals surface area contributed by atoms with Crippen molar-refractivity contribution in [2.45, 2.75) is 18.9 Å². The number of hydrogen-bond acceptors (Lipinski definition) is 5. The number of carbonyl (C=O) groups excluding carboxylic acids is 1. The molecule has 2 N–H and O–H groups in total. The fourth-order valence-electron chi connectivity index (χ4n) is 1.20. The molecule has 0 aromatic carbocycles. The third-order valence-corrected chi connectivity index (χ3v) is 2.23. The summed E-state index contributed by atoms with van der Waals surface area (Å²) in [5.74, 6) is -1.84. The number of ether oxygens (including phenoxy) is 1. The van der Waals surface area contributed by atoms with E-state index in [-0.39, 0.29) is 12.0 Å². The fraction of sp³-hybridized carbons (Fsp3) is 0.364. The van der Waals surface area contributed by atoms with Gasteiger partial charge in [-0.15, -0.1) is 0 Å². The van der Waals surface area contributed by atoms with E-state index in [1.54, 1.807) is 0 Å². The molecule has 0 fully saturated rings. The highest BCUT2D eigenvalue weighted by Gasteiger charge is 2.30. The molecule has 0 spiro atoms. The predicted molar refractivity (Wildman–Crippen MR) is 57.5 cm³/mol. The summed E-state index contributed by atoms with van der Waals surface area (Å²) < 4.78 is 4.49. The quantitative estimate of drug-likeness (QED) is 0.731. The second-order valence-electron chi connectivity index (χ2n) is 3.79. The van der Waals surface area contributed by atoms with E-state index >= 15 is 0 Å². The lowest BCUT2D eigenvalue weighted by molar-refractivity contribution is -0.156. The van der Waals surface area contributed by atoms with Gasteiger partial charge in [-0.25, -0.2) is 9.59 Å². The monoisotopic (exact) mass is 239 g/mol. The molecule has 0 amide bonds. The molecule has 1 heterocycles. The number of methoxy groups -OCH3 is 1. The van der Waals surface area contributed by atoms with E-state index in [0.717, 1.165) is 0 Å². The first kappa shape index (κ1) is 13.1. The molecule has 0 bridgehead atoms. The number of carboxylic acids is 1. The molecular weight excluding hydrogens is 226 g/mol. The Morgan fingerprint density at radius 3 is 2.53 bits per heavy atom. The highest BCUT2D eigenvalue weighted by Crippen LogP contribution is 2.12. The summed E-state index contributed by atoms with van der Waals surface area (Å²) in [7, 11) is 1.26. The zero-order valence-electron chi connectivity index (χ0n) is 9.51. The van der Waals surface area contributed by atoms with Gasteiger partial charge < -0.3 is 14.9 Å². The Hall–Kier alpha value is -1.95. The van der Waals surface area contributed by atoms with Gasteiger partial charge in [0, 0.05) is 18.3 Å². The van der Waals surface area contributed by atoms with Crippen LogP contribution in [0, 0.1) is 0 Å². The summed E-state index contributed by atoms with van der Waals surface area (Å²) in [5.41, 5.74) is -1.23. The molecule has 6 heteroatoms. The van der Waals surface area contributed by atoms with E-state index in [4.69, 9.17) is 5.11 Å². The SMILES string of the molecule is COC(=O)c1ccc(CC(C)(O)C(=O)O)nc1. The molecule has 0 aliphatic heterocycles. The summed E-state index contributed by atoms with van der Waals surface area (Å²) in [6, 6.07) is 2.94. The molecule has 17 heavy (non-hydrogen) atoms. The number of carboxylic acid groups (broad SMARTS) is 1. The number of aliphatic hydroxyl groups is 1. The molecular formula is C11H13NO5. The zero-order chi connectivity index (χ0) is 13.1. The molecule has 92 valence electrons. The molecule has 0 saturated heterocycles. The number of hydrogen-bond donors (Lipinski definition) is 2. The van der Waals surface area contributed by atoms with Gasteiger partial charge in [0.1, 0.15) is 0 Å². The number of pyridine rings is 1. The van der Waals surface area contributed by atoms with Crippen LogP contribution in [0.5, 0.6) is 0 Å². The summed E-state index contributed by atoms with van der Waals surface area (Å²) in [6.07, 6.45) is 1.14. The zero-order valence-corrected chi connectivity index (χ0v) is 9.51. The predicted octanol–water partition coefficient (Wildman–Crippen LogP) is 0.246. The van der Waals surface area contributed by atoms with E-state index in [1.165, 1.54) is 32.4 Å². The van der Waals surface area contributed by atoms with E-state index in [9.17, 15) is 14.7 Å². The maximum atomic E-state index is 11.1. The van der Waals surface area contributed by atoms with E-state index < -0.39 is 17.5 Å². The van der Waals surface area contributed by atoms with Gasteiger partial charge in [0.2, 0.25) is 0 Å². The van der Waals surface area contributed by atoms with Crippen LogP contribution in [-0.2, 0) is 16.0 Å². The Morgan fingerprint density at radius 1 is 1.47 bits per heavy atom. The van der Waals surface area contributed by atoms with Gasteiger partial charge in [0.05, 0.1) is 12.7 Å². The smallest absolute Gasteiger partial charge is 0.339 e. The molecule has 1 atom stereocenters. The second kappa shape index (κ2) is 4.92. The van der Waals surface area contributed by atoms with Crippen molar-refractivity contribution in [1.82, 2.24) is 4.98 Å². The normalized spacial score (nSPS) is 13.8. The Morgan fingerprint density at radius 2 is 2.12 bits per heavy atom. The Bertz CT molecular complexity index is 424. The minimum Gasteiger partial charge on any atom is -0.479 e. The third kappa shape index (κ3) is 3.25. The molecule has 0 aliphatic rings. The lowest BCUT2D eigenvalue weighted by Gasteiger charge is -2.16. The lowest BCUT2D eigenvalue weighted by Crippen LogP contribution is -2.37. The van der Waals surface area contributed by atoms with Gasteiger partial charge in [-0.05, 0) is 19.1 Å². The number of aromatic nitrogens is 1. The minimum atomic E-state index is -1.88. The molecule has 0 saturated carbocycles. The lowest BCUT2D eigenvalue weighted by atomic mass is 10.00. The van der Waals surface area contributed by atoms with Gasteiger partial charge in [-0.2, -0.15) is 0 Å². The molecule has 1 unspecified atom stereocenters. The molecule has 0 radical (unpaired) electrons. The van der Waals surface area contributed by atoms with Crippen molar-refractivity contribution < 1.29 is 24.5 Å². The van der Waals surface area contributed by atoms with Crippen LogP contribution < -0.4 is 0 Å². The average molecular weight is 239 g/mol. The van der Waals surface area contributed by atoms with Crippen LogP contribution in [0.4, 0.5) is 0 Å². The van der Waals surface area contributed by atoms with Crippen LogP contribution in [0.1, 0.15) is 23.0 Å². The summed E-state index contributed by atoms with van der Waals surface area (Å²) in [5, 5.41) is 18.3. The van der Waals surface area contributed by atoms with Crippen molar-refractivity contribution in [3.8, 4) is 0 Å². The molecule has 1 aromatic heterocycles. The van der Waals surface area contributed by atoms with E-state index in [0.29, 0.717) is 5.69 Å². The van der Waals surface area contributed by atoms with Crippen LogP contribution in [0.2, 0.25) is 0 Å². The van der Waals surface area contributed by atoms with Gasteiger partial charge in [-0.1, -0.05) is 0 Å². The van der Waals surface area contributed by atoms with Crippen LogP contribution in [0.25, 0.3) is 0 Å². The first-order valence-electron chi connectivity index (χ1n) is 4.86. The second-order valence-corrected chi connectivity index (χ2v) is 3.79. The van der Waals surface area contributed by atoms with Gasteiger partial charge in [0.15, 0.2) is 5.60 Å². The average Bonchev–Trinajstić information content (AvgIpc) is 2.28. The molecule has 6 nitrogen and oxygen atoms in total. The number of rotatable bonds is 4. The van der Waals surface area contributed by atoms with Gasteiger partial charge in [-0.3, -0.25) is 4.98 Å². The third-order valence-electron chi connectivity index (χ3n) is 2.23. The van der Waals surface area contributed by atoms with E-state index in [1.807, 2.05) is 0 Å². The molecule has 1 aromatic rings. The van der Waals surface area contributed by atoms with Crippen molar-refractivity contribution in [1.29, 1.82) is 0 Å². The number of nitrogens with zero attached hydrogens (tertiary/aromatic N) is 1. The maximum absolute atomic E-state index is 11.1. The van der Waals surface area contributed by atoms with Crippen molar-refractivity contribution in [3.63, 3.8) is 0 Å². The van der Waals surface area contributed by atoms with Gasteiger partial charge in [0.25, 0.3) is 0 Å². The van der Waals surface area contributed by atoms with Crippen LogP contribution >= 0.6 is 0 Å². The topological polar surface area (TPSA) is 96.7 Å². The first-order valence-corrected chi connectivity index (χ1v) is 4.86. The highest BCUT2D eigenvalue weighted by atomic mass is 16.5. The summed E-state index contributed by atoms with van der Waals surface area (Å²) in [6.45, 7) is 1.19. The maximum Gasteiger partial charge on any atom is 0.339 e. The Kier molecular flexibility index (Phi) is 3.80. The number of carbonyl (C=O) groups is 2. The van der Waals surface area contributed by atoms with Crippen molar-refractivity contribution in [2.24, 2.45) is 0 Å². The number of esters is 1. The standard InChI is InChI=1S/C11H13NO5/c1-11(16,10(14)15)5-8-4-3-7(6-12-8)9(13)17-2/h3-4,6,16H,5H2,1-2H3,(H,14,15). The highest BCUT2D eigenvalue weighted by molar-refractivity contribution is 5.88. The summed E-state index contributed by atoms with van der Waals surface area (Å²) >= 11 is 0. The molecule has 0 aliphatic carbocycles. The Labute approximate surface area is 97.9 Å². The minimum absolute atomic E-state index is 0.135.